The third kappa shape index (κ3) is 1.64. The fourth-order valence-corrected chi connectivity index (χ4v) is 6.37. The Hall–Kier alpha value is -0.720. The van der Waals surface area contributed by atoms with Gasteiger partial charge in [-0.15, -0.1) is 6.58 Å². The fourth-order valence-electron chi connectivity index (χ4n) is 6.37. The van der Waals surface area contributed by atoms with Crippen LogP contribution in [-0.4, -0.2) is 50.6 Å². The van der Waals surface area contributed by atoms with E-state index in [1.54, 1.807) is 6.08 Å². The molecule has 0 radical (unpaired) electrons. The molecule has 1 heterocycles. The van der Waals surface area contributed by atoms with Crippen molar-refractivity contribution < 1.29 is 25.2 Å². The minimum atomic E-state index is -2.10. The van der Waals surface area contributed by atoms with Crippen LogP contribution in [0.2, 0.25) is 0 Å². The number of aliphatic hydroxyl groups excluding tert-OH is 2. The maximum absolute atomic E-state index is 11.9. The predicted molar refractivity (Wildman–Crippen MR) is 92.5 cm³/mol. The summed E-state index contributed by atoms with van der Waals surface area (Å²) in [4.78, 5) is 0. The van der Waals surface area contributed by atoms with Gasteiger partial charge in [0.2, 0.25) is 5.79 Å². The summed E-state index contributed by atoms with van der Waals surface area (Å²) < 4.78 is 5.77. The molecule has 140 valence electrons. The lowest BCUT2D eigenvalue weighted by Crippen LogP contribution is -2.75. The molecule has 4 rings (SSSR count). The highest BCUT2D eigenvalue weighted by molar-refractivity contribution is 5.47. The zero-order valence-corrected chi connectivity index (χ0v) is 15.4. The van der Waals surface area contributed by atoms with E-state index in [-0.39, 0.29) is 6.61 Å². The van der Waals surface area contributed by atoms with Gasteiger partial charge in [-0.05, 0) is 36.7 Å². The molecule has 0 unspecified atom stereocenters. The zero-order chi connectivity index (χ0) is 18.5. The van der Waals surface area contributed by atoms with E-state index in [1.165, 1.54) is 0 Å². The van der Waals surface area contributed by atoms with E-state index in [9.17, 15) is 20.4 Å². The SMILES string of the molecule is C=C[C@@]1(C)CCC2=C([C@H]1O)[C@H](O)[C@@]1(O)OC[C@@]23CCCC(C)(C)[C@@]31O. The van der Waals surface area contributed by atoms with Crippen molar-refractivity contribution in [1.82, 2.24) is 0 Å². The average molecular weight is 350 g/mol. The molecule has 1 saturated carbocycles. The first-order chi connectivity index (χ1) is 11.5. The van der Waals surface area contributed by atoms with E-state index in [4.69, 9.17) is 4.74 Å². The van der Waals surface area contributed by atoms with Gasteiger partial charge < -0.3 is 25.2 Å². The number of ether oxygens (including phenoxy) is 1. The van der Waals surface area contributed by atoms with Gasteiger partial charge in [-0.3, -0.25) is 0 Å². The molecule has 1 aliphatic heterocycles. The molecule has 1 saturated heterocycles. The van der Waals surface area contributed by atoms with E-state index >= 15 is 0 Å². The van der Waals surface area contributed by atoms with Crippen molar-refractivity contribution in [2.75, 3.05) is 6.61 Å². The van der Waals surface area contributed by atoms with E-state index < -0.39 is 39.8 Å². The lowest BCUT2D eigenvalue weighted by atomic mass is 9.43. The number of hydrogen-bond acceptors (Lipinski definition) is 5. The van der Waals surface area contributed by atoms with Crippen molar-refractivity contribution in [3.63, 3.8) is 0 Å². The Bertz CT molecular complexity index is 669. The second kappa shape index (κ2) is 4.76. The minimum Gasteiger partial charge on any atom is -0.388 e. The van der Waals surface area contributed by atoms with Gasteiger partial charge in [0.15, 0.2) is 0 Å². The van der Waals surface area contributed by atoms with Gasteiger partial charge in [0, 0.05) is 10.8 Å². The van der Waals surface area contributed by atoms with Gasteiger partial charge in [0.1, 0.15) is 11.7 Å². The van der Waals surface area contributed by atoms with E-state index in [2.05, 4.69) is 6.58 Å². The summed E-state index contributed by atoms with van der Waals surface area (Å²) in [6.07, 6.45) is 3.04. The first-order valence-corrected chi connectivity index (χ1v) is 9.33. The second-order valence-electron chi connectivity index (χ2n) is 9.46. The van der Waals surface area contributed by atoms with Gasteiger partial charge in [0.25, 0.3) is 0 Å². The Morgan fingerprint density at radius 1 is 1.08 bits per heavy atom. The summed E-state index contributed by atoms with van der Waals surface area (Å²) in [5, 5.41) is 45.4. The Kier molecular flexibility index (Phi) is 3.37. The molecule has 4 N–H and O–H groups in total. The highest BCUT2D eigenvalue weighted by Crippen LogP contribution is 2.71. The second-order valence-corrected chi connectivity index (χ2v) is 9.46. The predicted octanol–water partition coefficient (Wildman–Crippen LogP) is 1.65. The molecule has 5 heteroatoms. The molecule has 3 aliphatic carbocycles. The molecule has 0 aromatic rings. The molecule has 6 atom stereocenters. The molecular weight excluding hydrogens is 320 g/mol. The molecule has 5 nitrogen and oxygen atoms in total. The van der Waals surface area contributed by atoms with Crippen LogP contribution in [0.4, 0.5) is 0 Å². The first kappa shape index (κ1) is 17.7. The smallest absolute Gasteiger partial charge is 0.227 e. The molecule has 0 spiro atoms. The van der Waals surface area contributed by atoms with Crippen LogP contribution in [0.15, 0.2) is 23.8 Å². The summed E-state index contributed by atoms with van der Waals surface area (Å²) >= 11 is 0. The minimum absolute atomic E-state index is 0.177. The van der Waals surface area contributed by atoms with Crippen molar-refractivity contribution in [2.24, 2.45) is 16.2 Å². The maximum atomic E-state index is 11.9. The molecular formula is C20H30O5. The number of aliphatic hydroxyl groups is 4. The van der Waals surface area contributed by atoms with Crippen LogP contribution in [-0.2, 0) is 4.74 Å². The van der Waals surface area contributed by atoms with Crippen molar-refractivity contribution in [1.29, 1.82) is 0 Å². The lowest BCUT2D eigenvalue weighted by molar-refractivity contribution is -0.339. The highest BCUT2D eigenvalue weighted by atomic mass is 16.7. The quantitative estimate of drug-likeness (QED) is 0.540. The standard InChI is InChI=1S/C20H30O5/c1-5-17(4)10-7-12-13(14(17)21)15(22)19(23)20(24)16(2,3)8-6-9-18(12,20)11-25-19/h5,14-15,21-24H,1,6-11H2,2-4H3/t14-,15+,17+,18+,19-,20-/m1/s1. The normalized spacial score (nSPS) is 54.0. The van der Waals surface area contributed by atoms with Crippen molar-refractivity contribution >= 4 is 0 Å². The summed E-state index contributed by atoms with van der Waals surface area (Å²) in [5.41, 5.74) is -2.17. The first-order valence-electron chi connectivity index (χ1n) is 9.33. The van der Waals surface area contributed by atoms with E-state index in [0.29, 0.717) is 24.8 Å². The molecule has 0 amide bonds. The molecule has 2 fully saturated rings. The summed E-state index contributed by atoms with van der Waals surface area (Å²) in [6, 6.07) is 0. The van der Waals surface area contributed by atoms with Crippen LogP contribution >= 0.6 is 0 Å². The van der Waals surface area contributed by atoms with Crippen LogP contribution in [0, 0.1) is 16.2 Å². The van der Waals surface area contributed by atoms with Crippen LogP contribution in [0.25, 0.3) is 0 Å². The van der Waals surface area contributed by atoms with Gasteiger partial charge in [-0.1, -0.05) is 38.8 Å². The molecule has 0 aromatic carbocycles. The molecule has 0 aromatic heterocycles. The Morgan fingerprint density at radius 2 is 1.76 bits per heavy atom. The van der Waals surface area contributed by atoms with Crippen LogP contribution in [0.1, 0.15) is 52.9 Å². The molecule has 4 aliphatic rings. The molecule has 25 heavy (non-hydrogen) atoms. The summed E-state index contributed by atoms with van der Waals surface area (Å²) in [6.45, 7) is 9.81. The lowest BCUT2D eigenvalue weighted by Gasteiger charge is -2.64. The largest absolute Gasteiger partial charge is 0.388 e. The number of rotatable bonds is 1. The number of hydrogen-bond donors (Lipinski definition) is 4. The van der Waals surface area contributed by atoms with Crippen molar-refractivity contribution in [3.8, 4) is 0 Å². The Morgan fingerprint density at radius 3 is 2.40 bits per heavy atom. The van der Waals surface area contributed by atoms with Crippen LogP contribution < -0.4 is 0 Å². The van der Waals surface area contributed by atoms with Crippen molar-refractivity contribution in [3.05, 3.63) is 23.8 Å². The third-order valence-electron chi connectivity index (χ3n) is 8.02. The van der Waals surface area contributed by atoms with Gasteiger partial charge in [-0.2, -0.15) is 0 Å². The highest BCUT2D eigenvalue weighted by Gasteiger charge is 2.81. The van der Waals surface area contributed by atoms with Crippen molar-refractivity contribution in [2.45, 2.75) is 76.5 Å². The molecule has 2 bridgehead atoms. The maximum Gasteiger partial charge on any atom is 0.227 e. The summed E-state index contributed by atoms with van der Waals surface area (Å²) in [5.74, 6) is -2.10. The average Bonchev–Trinajstić information content (AvgIpc) is 2.76. The fraction of sp³-hybridized carbons (Fsp3) is 0.800. The summed E-state index contributed by atoms with van der Waals surface area (Å²) in [7, 11) is 0. The third-order valence-corrected chi connectivity index (χ3v) is 8.02. The van der Waals surface area contributed by atoms with Crippen LogP contribution in [0.3, 0.4) is 0 Å². The monoisotopic (exact) mass is 350 g/mol. The van der Waals surface area contributed by atoms with Gasteiger partial charge in [-0.25, -0.2) is 0 Å². The van der Waals surface area contributed by atoms with E-state index in [1.807, 2.05) is 20.8 Å². The topological polar surface area (TPSA) is 90.2 Å². The van der Waals surface area contributed by atoms with Gasteiger partial charge >= 0.3 is 0 Å². The van der Waals surface area contributed by atoms with Gasteiger partial charge in [0.05, 0.1) is 12.7 Å². The Balaban J connectivity index is 2.00. The zero-order valence-electron chi connectivity index (χ0n) is 15.4. The Labute approximate surface area is 149 Å². The van der Waals surface area contributed by atoms with E-state index in [0.717, 1.165) is 18.4 Å². The van der Waals surface area contributed by atoms with Crippen LogP contribution in [0.5, 0.6) is 0 Å².